The van der Waals surface area contributed by atoms with E-state index in [1.165, 1.54) is 0 Å². The van der Waals surface area contributed by atoms with E-state index in [4.69, 9.17) is 0 Å². The molecule has 0 aliphatic heterocycles. The molecule has 4 heteroatoms. The summed E-state index contributed by atoms with van der Waals surface area (Å²) in [5.41, 5.74) is 1.44. The molecule has 88 valence electrons. The molecule has 1 fully saturated rings. The fraction of sp³-hybridized carbons (Fsp3) is 0.583. The van der Waals surface area contributed by atoms with E-state index in [0.717, 1.165) is 24.4 Å². The fourth-order valence-electron chi connectivity index (χ4n) is 1.55. The predicted octanol–water partition coefficient (Wildman–Crippen LogP) is 2.08. The summed E-state index contributed by atoms with van der Waals surface area (Å²) in [6.07, 6.45) is 2.30. The largest absolute Gasteiger partial charge is 0.354 e. The number of aromatic nitrogens is 2. The molecule has 1 aliphatic rings. The molecule has 1 aliphatic carbocycles. The van der Waals surface area contributed by atoms with Gasteiger partial charge in [0.1, 0.15) is 11.5 Å². The summed E-state index contributed by atoms with van der Waals surface area (Å²) in [6.45, 7) is 4.15. The van der Waals surface area contributed by atoms with Gasteiger partial charge < -0.3 is 5.32 Å². The molecule has 0 bridgehead atoms. The molecule has 1 saturated carbocycles. The van der Waals surface area contributed by atoms with Crippen molar-refractivity contribution in [3.8, 4) is 0 Å². The van der Waals surface area contributed by atoms with E-state index in [9.17, 15) is 4.79 Å². The number of amides is 1. The molecule has 16 heavy (non-hydrogen) atoms. The van der Waals surface area contributed by atoms with Crippen molar-refractivity contribution >= 4 is 5.91 Å². The highest BCUT2D eigenvalue weighted by Crippen LogP contribution is 2.38. The Morgan fingerprint density at radius 1 is 1.50 bits per heavy atom. The molecular weight excluding hydrogens is 202 g/mol. The van der Waals surface area contributed by atoms with Crippen molar-refractivity contribution in [1.82, 2.24) is 15.3 Å². The van der Waals surface area contributed by atoms with Crippen molar-refractivity contribution in [2.45, 2.75) is 38.5 Å². The number of rotatable bonds is 3. The maximum absolute atomic E-state index is 11.6. The van der Waals surface area contributed by atoms with Gasteiger partial charge in [-0.3, -0.25) is 4.79 Å². The van der Waals surface area contributed by atoms with E-state index in [1.54, 1.807) is 13.1 Å². The molecule has 1 aromatic heterocycles. The zero-order chi connectivity index (χ0) is 11.7. The first-order valence-electron chi connectivity index (χ1n) is 5.72. The van der Waals surface area contributed by atoms with Crippen LogP contribution in [0, 0.1) is 0 Å². The maximum Gasteiger partial charge on any atom is 0.269 e. The normalized spacial score (nSPS) is 15.2. The van der Waals surface area contributed by atoms with Crippen LogP contribution in [-0.2, 0) is 0 Å². The summed E-state index contributed by atoms with van der Waals surface area (Å²) in [7, 11) is 1.62. The first kappa shape index (κ1) is 11.0. The zero-order valence-corrected chi connectivity index (χ0v) is 9.95. The van der Waals surface area contributed by atoms with Crippen molar-refractivity contribution in [3.05, 3.63) is 23.3 Å². The van der Waals surface area contributed by atoms with Crippen LogP contribution in [0.1, 0.15) is 62.0 Å². The van der Waals surface area contributed by atoms with Crippen molar-refractivity contribution in [2.75, 3.05) is 7.05 Å². The summed E-state index contributed by atoms with van der Waals surface area (Å²) in [5, 5.41) is 2.60. The average Bonchev–Trinajstić information content (AvgIpc) is 3.11. The standard InChI is InChI=1S/C12H17N3O.H2/c1-7(2)9-6-10(12(16)13-3)15-11(14-9)8-4-5-8;/h6-8H,4-5H2,1-3H3,(H,13,16);1H. The van der Waals surface area contributed by atoms with E-state index < -0.39 is 0 Å². The molecule has 1 heterocycles. The minimum absolute atomic E-state index is 0. The lowest BCUT2D eigenvalue weighted by Crippen LogP contribution is -2.20. The van der Waals surface area contributed by atoms with Gasteiger partial charge in [0, 0.05) is 20.1 Å². The number of carbonyl (C=O) groups is 1. The van der Waals surface area contributed by atoms with Crippen LogP contribution >= 0.6 is 0 Å². The van der Waals surface area contributed by atoms with Crippen LogP contribution in [0.5, 0.6) is 0 Å². The molecular formula is C12H19N3O. The van der Waals surface area contributed by atoms with Crippen molar-refractivity contribution in [3.63, 3.8) is 0 Å². The third kappa shape index (κ3) is 2.21. The predicted molar refractivity (Wildman–Crippen MR) is 63.6 cm³/mol. The summed E-state index contributed by atoms with van der Waals surface area (Å²) >= 11 is 0. The Bertz CT molecular complexity index is 396. The van der Waals surface area contributed by atoms with Gasteiger partial charge in [-0.1, -0.05) is 13.8 Å². The highest BCUT2D eigenvalue weighted by Gasteiger charge is 2.28. The third-order valence-electron chi connectivity index (χ3n) is 2.76. The Morgan fingerprint density at radius 3 is 2.69 bits per heavy atom. The summed E-state index contributed by atoms with van der Waals surface area (Å²) in [6, 6.07) is 1.79. The van der Waals surface area contributed by atoms with Crippen LogP contribution in [0.25, 0.3) is 0 Å². The molecule has 0 radical (unpaired) electrons. The number of hydrogen-bond donors (Lipinski definition) is 1. The van der Waals surface area contributed by atoms with Gasteiger partial charge in [-0.05, 0) is 24.8 Å². The lowest BCUT2D eigenvalue weighted by molar-refractivity contribution is 0.0957. The lowest BCUT2D eigenvalue weighted by Gasteiger charge is -2.09. The van der Waals surface area contributed by atoms with Crippen LogP contribution in [0.3, 0.4) is 0 Å². The van der Waals surface area contributed by atoms with Crippen LogP contribution in [0.4, 0.5) is 0 Å². The van der Waals surface area contributed by atoms with Gasteiger partial charge in [0.25, 0.3) is 5.91 Å². The smallest absolute Gasteiger partial charge is 0.269 e. The maximum atomic E-state index is 11.6. The Kier molecular flexibility index (Phi) is 2.90. The van der Waals surface area contributed by atoms with Gasteiger partial charge in [-0.25, -0.2) is 9.97 Å². The molecule has 0 unspecified atom stereocenters. The van der Waals surface area contributed by atoms with Gasteiger partial charge in [0.05, 0.1) is 0 Å². The number of nitrogens with one attached hydrogen (secondary N) is 1. The van der Waals surface area contributed by atoms with E-state index in [2.05, 4.69) is 29.1 Å². The van der Waals surface area contributed by atoms with Gasteiger partial charge in [-0.2, -0.15) is 0 Å². The summed E-state index contributed by atoms with van der Waals surface area (Å²) in [5.74, 6) is 1.50. The second-order valence-corrected chi connectivity index (χ2v) is 4.54. The molecule has 0 aromatic carbocycles. The SMILES string of the molecule is CNC(=O)c1cc(C(C)C)nc(C2CC2)n1.[HH]. The van der Waals surface area contributed by atoms with Crippen LogP contribution in [-0.4, -0.2) is 22.9 Å². The molecule has 1 amide bonds. The lowest BCUT2D eigenvalue weighted by atomic mass is 10.1. The van der Waals surface area contributed by atoms with Crippen LogP contribution < -0.4 is 5.32 Å². The number of carbonyl (C=O) groups excluding carboxylic acids is 1. The molecule has 0 atom stereocenters. The van der Waals surface area contributed by atoms with Gasteiger partial charge >= 0.3 is 0 Å². The minimum Gasteiger partial charge on any atom is -0.354 e. The monoisotopic (exact) mass is 221 g/mol. The average molecular weight is 221 g/mol. The second kappa shape index (κ2) is 4.20. The Morgan fingerprint density at radius 2 is 2.19 bits per heavy atom. The number of nitrogens with zero attached hydrogens (tertiary/aromatic N) is 2. The summed E-state index contributed by atoms with van der Waals surface area (Å²) in [4.78, 5) is 20.4. The number of hydrogen-bond acceptors (Lipinski definition) is 3. The minimum atomic E-state index is -0.133. The Hall–Kier alpha value is -1.45. The third-order valence-corrected chi connectivity index (χ3v) is 2.76. The van der Waals surface area contributed by atoms with Crippen molar-refractivity contribution < 1.29 is 6.22 Å². The highest BCUT2D eigenvalue weighted by molar-refractivity contribution is 5.92. The quantitative estimate of drug-likeness (QED) is 0.850. The Labute approximate surface area is 97.0 Å². The molecule has 1 N–H and O–H groups in total. The van der Waals surface area contributed by atoms with Crippen molar-refractivity contribution in [2.24, 2.45) is 0 Å². The second-order valence-electron chi connectivity index (χ2n) is 4.54. The zero-order valence-electron chi connectivity index (χ0n) is 9.95. The Balaban J connectivity index is 0.00000144. The van der Waals surface area contributed by atoms with Crippen LogP contribution in [0.15, 0.2) is 6.07 Å². The van der Waals surface area contributed by atoms with Gasteiger partial charge in [-0.15, -0.1) is 0 Å². The van der Waals surface area contributed by atoms with Gasteiger partial charge in [0.15, 0.2) is 0 Å². The summed E-state index contributed by atoms with van der Waals surface area (Å²) < 4.78 is 0. The van der Waals surface area contributed by atoms with Crippen LogP contribution in [0.2, 0.25) is 0 Å². The highest BCUT2D eigenvalue weighted by atomic mass is 16.1. The topological polar surface area (TPSA) is 54.9 Å². The van der Waals surface area contributed by atoms with E-state index in [-0.39, 0.29) is 7.33 Å². The molecule has 4 nitrogen and oxygen atoms in total. The fourth-order valence-corrected chi connectivity index (χ4v) is 1.55. The van der Waals surface area contributed by atoms with E-state index in [1.807, 2.05) is 0 Å². The molecule has 2 rings (SSSR count). The molecule has 0 saturated heterocycles. The van der Waals surface area contributed by atoms with E-state index in [0.29, 0.717) is 17.5 Å². The molecule has 0 spiro atoms. The van der Waals surface area contributed by atoms with Gasteiger partial charge in [0.2, 0.25) is 0 Å². The van der Waals surface area contributed by atoms with E-state index >= 15 is 0 Å². The molecule has 1 aromatic rings. The van der Waals surface area contributed by atoms with Crippen molar-refractivity contribution in [1.29, 1.82) is 0 Å². The first-order valence-corrected chi connectivity index (χ1v) is 5.72. The first-order chi connectivity index (χ1) is 7.61.